The van der Waals surface area contributed by atoms with Crippen molar-refractivity contribution in [2.45, 2.75) is 37.5 Å². The highest BCUT2D eigenvalue weighted by atomic mass is 19.1. The molecule has 0 aromatic heterocycles. The molecule has 30 heavy (non-hydrogen) atoms. The summed E-state index contributed by atoms with van der Waals surface area (Å²) < 4.78 is 18.7. The number of hydrogen-bond donors (Lipinski definition) is 4. The summed E-state index contributed by atoms with van der Waals surface area (Å²) in [7, 11) is 0. The van der Waals surface area contributed by atoms with Crippen molar-refractivity contribution in [3.8, 4) is 0 Å². The first-order chi connectivity index (χ1) is 14.5. The molecule has 1 aromatic carbocycles. The molecule has 1 fully saturated rings. The minimum atomic E-state index is -0.670. The fourth-order valence-corrected chi connectivity index (χ4v) is 3.60. The van der Waals surface area contributed by atoms with Gasteiger partial charge in [0.05, 0.1) is 25.2 Å². The number of likely N-dealkylation sites (tertiary alicyclic amines) is 1. The maximum atomic E-state index is 12.9. The first-order valence-corrected chi connectivity index (χ1v) is 10.3. The molecule has 2 aliphatic heterocycles. The van der Waals surface area contributed by atoms with E-state index in [1.807, 2.05) is 0 Å². The lowest BCUT2D eigenvalue weighted by Gasteiger charge is -2.31. The Hall–Kier alpha value is -2.49. The van der Waals surface area contributed by atoms with E-state index in [-0.39, 0.29) is 18.9 Å². The summed E-state index contributed by atoms with van der Waals surface area (Å²) in [6.07, 6.45) is 4.89. The lowest BCUT2D eigenvalue weighted by atomic mass is 10.0. The summed E-state index contributed by atoms with van der Waals surface area (Å²) in [5.74, 6) is -0.503. The van der Waals surface area contributed by atoms with E-state index in [1.165, 1.54) is 37.1 Å². The highest BCUT2D eigenvalue weighted by Gasteiger charge is 2.29. The molecule has 0 unspecified atom stereocenters. The molecule has 0 spiro atoms. The summed E-state index contributed by atoms with van der Waals surface area (Å²) >= 11 is 0. The van der Waals surface area contributed by atoms with Gasteiger partial charge in [0.15, 0.2) is 0 Å². The van der Waals surface area contributed by atoms with Gasteiger partial charge >= 0.3 is 6.03 Å². The number of halogens is 1. The van der Waals surface area contributed by atoms with Crippen molar-refractivity contribution in [1.29, 1.82) is 0 Å². The van der Waals surface area contributed by atoms with E-state index in [2.05, 4.69) is 20.9 Å². The van der Waals surface area contributed by atoms with E-state index in [1.54, 1.807) is 12.2 Å². The van der Waals surface area contributed by atoms with Crippen molar-refractivity contribution in [1.82, 2.24) is 15.5 Å². The predicted molar refractivity (Wildman–Crippen MR) is 111 cm³/mol. The average molecular weight is 420 g/mol. The predicted octanol–water partition coefficient (Wildman–Crippen LogP) is 1.23. The van der Waals surface area contributed by atoms with Crippen molar-refractivity contribution in [2.75, 3.05) is 38.1 Å². The third kappa shape index (κ3) is 6.79. The number of urea groups is 1. The number of nitrogens with one attached hydrogen (secondary N) is 3. The first kappa shape index (κ1) is 22.2. The van der Waals surface area contributed by atoms with Gasteiger partial charge in [-0.05, 0) is 50.2 Å². The van der Waals surface area contributed by atoms with Crippen LogP contribution in [-0.4, -0.2) is 73.0 Å². The lowest BCUT2D eigenvalue weighted by molar-refractivity contribution is -0.125. The van der Waals surface area contributed by atoms with Crippen LogP contribution in [0.3, 0.4) is 0 Å². The van der Waals surface area contributed by atoms with Crippen LogP contribution in [0.15, 0.2) is 36.4 Å². The molecule has 0 saturated carbocycles. The van der Waals surface area contributed by atoms with Crippen molar-refractivity contribution in [2.24, 2.45) is 0 Å². The number of hydrogen-bond acceptors (Lipinski definition) is 5. The second-order valence-corrected chi connectivity index (χ2v) is 7.51. The number of carbonyl (C=O) groups is 2. The van der Waals surface area contributed by atoms with Crippen LogP contribution in [0.2, 0.25) is 0 Å². The van der Waals surface area contributed by atoms with E-state index in [4.69, 9.17) is 4.74 Å². The van der Waals surface area contributed by atoms with E-state index in [0.29, 0.717) is 12.2 Å². The van der Waals surface area contributed by atoms with Crippen molar-refractivity contribution in [3.05, 3.63) is 42.2 Å². The van der Waals surface area contributed by atoms with Gasteiger partial charge in [0, 0.05) is 18.8 Å². The van der Waals surface area contributed by atoms with Crippen molar-refractivity contribution in [3.63, 3.8) is 0 Å². The molecule has 0 bridgehead atoms. The number of ether oxygens (including phenoxy) is 1. The van der Waals surface area contributed by atoms with Crippen LogP contribution in [-0.2, 0) is 9.53 Å². The first-order valence-electron chi connectivity index (χ1n) is 10.3. The topological polar surface area (TPSA) is 103 Å². The molecule has 3 rings (SSSR count). The van der Waals surface area contributed by atoms with Crippen molar-refractivity contribution < 1.29 is 23.8 Å². The highest BCUT2D eigenvalue weighted by Crippen LogP contribution is 2.16. The average Bonchev–Trinajstić information content (AvgIpc) is 3.24. The van der Waals surface area contributed by atoms with Gasteiger partial charge in [-0.2, -0.15) is 0 Å². The summed E-state index contributed by atoms with van der Waals surface area (Å²) in [6, 6.07) is 4.34. The van der Waals surface area contributed by atoms with Crippen LogP contribution in [0, 0.1) is 5.82 Å². The number of carbonyl (C=O) groups excluding carboxylic acids is 2. The fraction of sp³-hybridized carbons (Fsp3) is 0.524. The monoisotopic (exact) mass is 420 g/mol. The molecule has 0 radical (unpaired) electrons. The van der Waals surface area contributed by atoms with Gasteiger partial charge in [-0.15, -0.1) is 0 Å². The standard InChI is InChI=1S/C21H29FN4O4/c22-15-3-5-16(6-4-15)24-21(29)25-18-8-7-17(30-19(18)14-27)13-20(28)23-9-12-26-10-1-2-11-26/h3-8,17-19,27H,1-2,9-14H2,(H,23,28)(H2,24,25,29)/t17-,18-,19+/m0/s1. The van der Waals surface area contributed by atoms with Crippen LogP contribution in [0.1, 0.15) is 19.3 Å². The fourth-order valence-electron chi connectivity index (χ4n) is 3.60. The summed E-state index contributed by atoms with van der Waals surface area (Å²) in [5.41, 5.74) is 0.443. The highest BCUT2D eigenvalue weighted by molar-refractivity contribution is 5.89. The van der Waals surface area contributed by atoms with Crippen LogP contribution in [0.4, 0.5) is 14.9 Å². The van der Waals surface area contributed by atoms with Gasteiger partial charge in [0.2, 0.25) is 5.91 Å². The zero-order valence-electron chi connectivity index (χ0n) is 16.9. The van der Waals surface area contributed by atoms with E-state index in [0.717, 1.165) is 19.6 Å². The van der Waals surface area contributed by atoms with Crippen LogP contribution >= 0.6 is 0 Å². The molecule has 1 aromatic rings. The molecule has 4 N–H and O–H groups in total. The van der Waals surface area contributed by atoms with Gasteiger partial charge in [0.1, 0.15) is 11.9 Å². The lowest BCUT2D eigenvalue weighted by Crippen LogP contribution is -2.50. The third-order valence-corrected chi connectivity index (χ3v) is 5.20. The molecule has 2 heterocycles. The zero-order chi connectivity index (χ0) is 21.3. The van der Waals surface area contributed by atoms with Gasteiger partial charge in [0.25, 0.3) is 0 Å². The molecule has 9 heteroatoms. The van der Waals surface area contributed by atoms with Crippen LogP contribution < -0.4 is 16.0 Å². The maximum absolute atomic E-state index is 12.9. The number of rotatable bonds is 8. The van der Waals surface area contributed by atoms with Gasteiger partial charge in [-0.25, -0.2) is 9.18 Å². The Bertz CT molecular complexity index is 737. The molecule has 2 aliphatic rings. The van der Waals surface area contributed by atoms with Gasteiger partial charge in [-0.3, -0.25) is 4.79 Å². The Morgan fingerprint density at radius 2 is 1.90 bits per heavy atom. The molecule has 8 nitrogen and oxygen atoms in total. The second-order valence-electron chi connectivity index (χ2n) is 7.51. The molecule has 164 valence electrons. The van der Waals surface area contributed by atoms with E-state index >= 15 is 0 Å². The Labute approximate surface area is 175 Å². The minimum absolute atomic E-state index is 0.110. The Morgan fingerprint density at radius 3 is 2.60 bits per heavy atom. The number of aliphatic hydroxyl groups excluding tert-OH is 1. The third-order valence-electron chi connectivity index (χ3n) is 5.20. The molecular weight excluding hydrogens is 391 g/mol. The van der Waals surface area contributed by atoms with Gasteiger partial charge in [-0.1, -0.05) is 12.2 Å². The normalized spacial score (nSPS) is 23.9. The smallest absolute Gasteiger partial charge is 0.319 e. The zero-order valence-corrected chi connectivity index (χ0v) is 16.9. The largest absolute Gasteiger partial charge is 0.394 e. The molecule has 3 amide bonds. The second kappa shape index (κ2) is 11.1. The van der Waals surface area contributed by atoms with E-state index in [9.17, 15) is 19.1 Å². The Kier molecular flexibility index (Phi) is 8.18. The number of amides is 3. The van der Waals surface area contributed by atoms with Crippen molar-refractivity contribution >= 4 is 17.6 Å². The van der Waals surface area contributed by atoms with Gasteiger partial charge < -0.3 is 30.7 Å². The quantitative estimate of drug-likeness (QED) is 0.474. The number of anilines is 1. The Balaban J connectivity index is 1.43. The maximum Gasteiger partial charge on any atom is 0.319 e. The molecule has 0 aliphatic carbocycles. The number of aliphatic hydroxyl groups is 1. The number of benzene rings is 1. The molecular formula is C21H29FN4O4. The van der Waals surface area contributed by atoms with Crippen LogP contribution in [0.5, 0.6) is 0 Å². The Morgan fingerprint density at radius 1 is 1.17 bits per heavy atom. The summed E-state index contributed by atoms with van der Waals surface area (Å²) in [6.45, 7) is 3.32. The number of nitrogens with zero attached hydrogens (tertiary/aromatic N) is 1. The molecule has 3 atom stereocenters. The van der Waals surface area contributed by atoms with E-state index < -0.39 is 30.1 Å². The SMILES string of the molecule is O=C(C[C@@H]1C=C[C@H](NC(=O)Nc2ccc(F)cc2)[C@@H](CO)O1)NCCN1CCCC1. The minimum Gasteiger partial charge on any atom is -0.394 e. The summed E-state index contributed by atoms with van der Waals surface area (Å²) in [4.78, 5) is 26.6. The van der Waals surface area contributed by atoms with Crippen LogP contribution in [0.25, 0.3) is 0 Å². The molecule has 1 saturated heterocycles. The summed E-state index contributed by atoms with van der Waals surface area (Å²) in [5, 5.41) is 17.8.